The molecule has 0 radical (unpaired) electrons. The standard InChI is InChI=1S/C19H22N4O/c1-2-15-16(3-1)21-17(14-4-8-20-9-5-14)22-18(15)23-10-6-19(12-23)7-11-24-13-19/h4-5,8-9H,1-3,6-7,10-13H2/t19-/m0/s1. The van der Waals surface area contributed by atoms with Gasteiger partial charge in [0.25, 0.3) is 0 Å². The zero-order valence-corrected chi connectivity index (χ0v) is 13.9. The minimum absolute atomic E-state index is 0.354. The Kier molecular flexibility index (Phi) is 3.30. The normalized spacial score (nSPS) is 25.6. The Morgan fingerprint density at radius 2 is 2.00 bits per heavy atom. The molecule has 0 aromatic carbocycles. The summed E-state index contributed by atoms with van der Waals surface area (Å²) in [6.07, 6.45) is 9.41. The van der Waals surface area contributed by atoms with Crippen molar-refractivity contribution in [1.29, 1.82) is 0 Å². The number of pyridine rings is 1. The van der Waals surface area contributed by atoms with Gasteiger partial charge in [0.05, 0.1) is 6.61 Å². The molecular weight excluding hydrogens is 300 g/mol. The number of nitrogens with zero attached hydrogens (tertiary/aromatic N) is 4. The maximum Gasteiger partial charge on any atom is 0.161 e. The lowest BCUT2D eigenvalue weighted by Gasteiger charge is -2.24. The van der Waals surface area contributed by atoms with E-state index in [1.807, 2.05) is 24.5 Å². The van der Waals surface area contributed by atoms with Crippen LogP contribution in [0.2, 0.25) is 0 Å². The van der Waals surface area contributed by atoms with Crippen LogP contribution in [0.15, 0.2) is 24.5 Å². The molecule has 2 aliphatic heterocycles. The number of aryl methyl sites for hydroxylation is 1. The molecule has 2 aromatic heterocycles. The topological polar surface area (TPSA) is 51.1 Å². The molecular formula is C19H22N4O. The number of rotatable bonds is 2. The van der Waals surface area contributed by atoms with Gasteiger partial charge in [0, 0.05) is 54.3 Å². The molecule has 2 aromatic rings. The Balaban J connectivity index is 1.55. The molecule has 2 saturated heterocycles. The van der Waals surface area contributed by atoms with Crippen LogP contribution < -0.4 is 4.90 Å². The van der Waals surface area contributed by atoms with Crippen LogP contribution in [-0.2, 0) is 17.6 Å². The number of hydrogen-bond donors (Lipinski definition) is 0. The van der Waals surface area contributed by atoms with E-state index in [1.165, 1.54) is 36.3 Å². The van der Waals surface area contributed by atoms with Crippen LogP contribution in [0.4, 0.5) is 5.82 Å². The van der Waals surface area contributed by atoms with Gasteiger partial charge in [-0.25, -0.2) is 9.97 Å². The predicted octanol–water partition coefficient (Wildman–Crippen LogP) is 2.64. The maximum absolute atomic E-state index is 5.69. The lowest BCUT2D eigenvalue weighted by molar-refractivity contribution is 0.160. The fourth-order valence-corrected chi connectivity index (χ4v) is 4.39. The summed E-state index contributed by atoms with van der Waals surface area (Å²) >= 11 is 0. The highest BCUT2D eigenvalue weighted by Gasteiger charge is 2.42. The van der Waals surface area contributed by atoms with Gasteiger partial charge >= 0.3 is 0 Å². The van der Waals surface area contributed by atoms with Crippen LogP contribution in [0, 0.1) is 5.41 Å². The maximum atomic E-state index is 5.69. The second-order valence-electron chi connectivity index (χ2n) is 7.36. The summed E-state index contributed by atoms with van der Waals surface area (Å²) < 4.78 is 5.69. The lowest BCUT2D eigenvalue weighted by atomic mass is 9.87. The molecule has 5 nitrogen and oxygen atoms in total. The summed E-state index contributed by atoms with van der Waals surface area (Å²) in [6.45, 7) is 3.99. The van der Waals surface area contributed by atoms with Crippen LogP contribution in [0.1, 0.15) is 30.5 Å². The summed E-state index contributed by atoms with van der Waals surface area (Å²) in [5.41, 5.74) is 4.03. The summed E-state index contributed by atoms with van der Waals surface area (Å²) in [5, 5.41) is 0. The first-order chi connectivity index (χ1) is 11.8. The van der Waals surface area contributed by atoms with Gasteiger partial charge < -0.3 is 9.64 Å². The molecule has 124 valence electrons. The quantitative estimate of drug-likeness (QED) is 0.851. The first-order valence-electron chi connectivity index (χ1n) is 8.96. The van der Waals surface area contributed by atoms with E-state index < -0.39 is 0 Å². The van der Waals surface area contributed by atoms with Gasteiger partial charge in [-0.15, -0.1) is 0 Å². The smallest absolute Gasteiger partial charge is 0.161 e. The number of fused-ring (bicyclic) bond motifs is 1. The second-order valence-corrected chi connectivity index (χ2v) is 7.36. The average molecular weight is 322 g/mol. The van der Waals surface area contributed by atoms with Crippen molar-refractivity contribution in [3.8, 4) is 11.4 Å². The minimum Gasteiger partial charge on any atom is -0.381 e. The highest BCUT2D eigenvalue weighted by molar-refractivity contribution is 5.61. The van der Waals surface area contributed by atoms with Gasteiger partial charge in [0.1, 0.15) is 5.82 Å². The van der Waals surface area contributed by atoms with Crippen molar-refractivity contribution < 1.29 is 4.74 Å². The van der Waals surface area contributed by atoms with Crippen LogP contribution in [0.3, 0.4) is 0 Å². The van der Waals surface area contributed by atoms with Crippen LogP contribution >= 0.6 is 0 Å². The van der Waals surface area contributed by atoms with E-state index in [0.29, 0.717) is 5.41 Å². The molecule has 5 heteroatoms. The van der Waals surface area contributed by atoms with E-state index in [1.54, 1.807) is 0 Å². The molecule has 0 saturated carbocycles. The monoisotopic (exact) mass is 322 g/mol. The highest BCUT2D eigenvalue weighted by Crippen LogP contribution is 2.41. The summed E-state index contributed by atoms with van der Waals surface area (Å²) in [5.74, 6) is 2.02. The highest BCUT2D eigenvalue weighted by atomic mass is 16.5. The van der Waals surface area contributed by atoms with E-state index in [9.17, 15) is 0 Å². The zero-order valence-electron chi connectivity index (χ0n) is 13.9. The van der Waals surface area contributed by atoms with E-state index >= 15 is 0 Å². The third-order valence-corrected chi connectivity index (χ3v) is 5.77. The van der Waals surface area contributed by atoms with Gasteiger partial charge in [-0.1, -0.05) is 0 Å². The Morgan fingerprint density at radius 1 is 1.08 bits per heavy atom. The number of anilines is 1. The van der Waals surface area contributed by atoms with E-state index in [0.717, 1.165) is 50.5 Å². The van der Waals surface area contributed by atoms with Crippen molar-refractivity contribution in [2.24, 2.45) is 5.41 Å². The molecule has 4 heterocycles. The van der Waals surface area contributed by atoms with Crippen LogP contribution in [-0.4, -0.2) is 41.3 Å². The Hall–Kier alpha value is -2.01. The molecule has 2 fully saturated rings. The van der Waals surface area contributed by atoms with Crippen molar-refractivity contribution >= 4 is 5.82 Å². The molecule has 5 rings (SSSR count). The van der Waals surface area contributed by atoms with E-state index in [2.05, 4.69) is 9.88 Å². The van der Waals surface area contributed by atoms with Gasteiger partial charge in [-0.3, -0.25) is 4.98 Å². The van der Waals surface area contributed by atoms with Crippen molar-refractivity contribution in [3.05, 3.63) is 35.8 Å². The van der Waals surface area contributed by atoms with Gasteiger partial charge in [-0.2, -0.15) is 0 Å². The molecule has 1 atom stereocenters. The second kappa shape index (κ2) is 5.52. The molecule has 24 heavy (non-hydrogen) atoms. The third-order valence-electron chi connectivity index (χ3n) is 5.77. The summed E-state index contributed by atoms with van der Waals surface area (Å²) in [4.78, 5) is 16.5. The van der Waals surface area contributed by atoms with E-state index in [-0.39, 0.29) is 0 Å². The number of hydrogen-bond acceptors (Lipinski definition) is 5. The number of ether oxygens (including phenoxy) is 1. The number of aromatic nitrogens is 3. The van der Waals surface area contributed by atoms with Gasteiger partial charge in [-0.05, 0) is 44.2 Å². The van der Waals surface area contributed by atoms with Crippen molar-refractivity contribution in [2.75, 3.05) is 31.2 Å². The largest absolute Gasteiger partial charge is 0.381 e. The summed E-state index contributed by atoms with van der Waals surface area (Å²) in [7, 11) is 0. The Bertz CT molecular complexity index is 755. The lowest BCUT2D eigenvalue weighted by Crippen LogP contribution is -2.29. The fraction of sp³-hybridized carbons (Fsp3) is 0.526. The third kappa shape index (κ3) is 2.30. The molecule has 3 aliphatic rings. The van der Waals surface area contributed by atoms with Crippen molar-refractivity contribution in [1.82, 2.24) is 15.0 Å². The van der Waals surface area contributed by atoms with E-state index in [4.69, 9.17) is 14.7 Å². The predicted molar refractivity (Wildman–Crippen MR) is 92.0 cm³/mol. The average Bonchev–Trinajstić information content (AvgIpc) is 3.37. The Labute approximate surface area is 142 Å². The SMILES string of the molecule is c1cc(-c2nc3c(c(N4CC[C@]5(CCOC5)C4)n2)CCC3)ccn1. The zero-order chi connectivity index (χ0) is 16.0. The molecule has 0 unspecified atom stereocenters. The van der Waals surface area contributed by atoms with Gasteiger partial charge in [0.15, 0.2) is 5.82 Å². The van der Waals surface area contributed by atoms with Crippen molar-refractivity contribution in [2.45, 2.75) is 32.1 Å². The van der Waals surface area contributed by atoms with Gasteiger partial charge in [0.2, 0.25) is 0 Å². The molecule has 0 amide bonds. The first kappa shape index (κ1) is 14.3. The molecule has 1 spiro atoms. The molecule has 1 aliphatic carbocycles. The minimum atomic E-state index is 0.354. The van der Waals surface area contributed by atoms with Crippen LogP contribution in [0.25, 0.3) is 11.4 Å². The fourth-order valence-electron chi connectivity index (χ4n) is 4.39. The van der Waals surface area contributed by atoms with Crippen molar-refractivity contribution in [3.63, 3.8) is 0 Å². The molecule has 0 bridgehead atoms. The van der Waals surface area contributed by atoms with Crippen LogP contribution in [0.5, 0.6) is 0 Å². The Morgan fingerprint density at radius 3 is 2.83 bits per heavy atom. The summed E-state index contributed by atoms with van der Waals surface area (Å²) in [6, 6.07) is 3.99. The molecule has 0 N–H and O–H groups in total. The first-order valence-corrected chi connectivity index (χ1v) is 8.96.